The van der Waals surface area contributed by atoms with Crippen LogP contribution in [-0.2, 0) is 25.9 Å². The van der Waals surface area contributed by atoms with Gasteiger partial charge in [0.15, 0.2) is 9.84 Å². The number of amides is 1. The topological polar surface area (TPSA) is 72.5 Å². The molecule has 5 nitrogen and oxygen atoms in total. The smallest absolute Gasteiger partial charge is 0.207 e. The zero-order valence-electron chi connectivity index (χ0n) is 9.83. The van der Waals surface area contributed by atoms with E-state index in [-0.39, 0.29) is 6.61 Å². The lowest BCUT2D eigenvalue weighted by Gasteiger charge is -2.10. The van der Waals surface area contributed by atoms with Gasteiger partial charge in [-0.15, -0.1) is 0 Å². The van der Waals surface area contributed by atoms with Crippen molar-refractivity contribution in [2.24, 2.45) is 0 Å². The number of carbonyl (C=O) groups excluding carboxylic acids is 1. The predicted molar refractivity (Wildman–Crippen MR) is 65.8 cm³/mol. The summed E-state index contributed by atoms with van der Waals surface area (Å²) in [4.78, 5) is 10.5. The van der Waals surface area contributed by atoms with Crippen molar-refractivity contribution in [3.8, 4) is 0 Å². The molecule has 1 aromatic rings. The second kappa shape index (κ2) is 5.49. The standard InChI is InChI=1S/C12H15NO4S/c14-9-13-7-10-1-3-11(4-2-10)18(15,16)12-5-6-17-8-12/h1-4,9,12H,5-8H2,(H,13,14). The molecule has 1 heterocycles. The molecule has 18 heavy (non-hydrogen) atoms. The molecule has 1 aliphatic heterocycles. The Balaban J connectivity index is 2.15. The number of sulfone groups is 1. The Labute approximate surface area is 106 Å². The summed E-state index contributed by atoms with van der Waals surface area (Å²) in [5, 5.41) is 2.09. The Morgan fingerprint density at radius 1 is 1.33 bits per heavy atom. The average Bonchev–Trinajstić information content (AvgIpc) is 2.91. The Hall–Kier alpha value is -1.40. The maximum Gasteiger partial charge on any atom is 0.207 e. The second-order valence-electron chi connectivity index (χ2n) is 4.17. The third-order valence-corrected chi connectivity index (χ3v) is 5.15. The van der Waals surface area contributed by atoms with E-state index in [4.69, 9.17) is 4.74 Å². The molecular weight excluding hydrogens is 254 g/mol. The summed E-state index contributed by atoms with van der Waals surface area (Å²) in [5.41, 5.74) is 0.865. The lowest BCUT2D eigenvalue weighted by Crippen LogP contribution is -2.21. The molecule has 0 spiro atoms. The number of hydrogen-bond acceptors (Lipinski definition) is 4. The first-order valence-corrected chi connectivity index (χ1v) is 7.27. The van der Waals surface area contributed by atoms with Gasteiger partial charge in [-0.25, -0.2) is 8.42 Å². The van der Waals surface area contributed by atoms with Gasteiger partial charge in [0.05, 0.1) is 16.8 Å². The number of ether oxygens (including phenoxy) is 1. The van der Waals surface area contributed by atoms with Gasteiger partial charge in [-0.05, 0) is 24.1 Å². The molecule has 6 heteroatoms. The van der Waals surface area contributed by atoms with Gasteiger partial charge in [0.2, 0.25) is 6.41 Å². The summed E-state index contributed by atoms with van der Waals surface area (Å²) >= 11 is 0. The van der Waals surface area contributed by atoms with Crippen LogP contribution in [0.25, 0.3) is 0 Å². The van der Waals surface area contributed by atoms with Crippen LogP contribution in [0.5, 0.6) is 0 Å². The SMILES string of the molecule is O=CNCc1ccc(S(=O)(=O)C2CCOC2)cc1. The minimum atomic E-state index is -3.29. The number of nitrogens with one attached hydrogen (secondary N) is 1. The van der Waals surface area contributed by atoms with Gasteiger partial charge in [0.1, 0.15) is 0 Å². The van der Waals surface area contributed by atoms with E-state index in [9.17, 15) is 13.2 Å². The van der Waals surface area contributed by atoms with Crippen molar-refractivity contribution < 1.29 is 17.9 Å². The molecule has 1 aliphatic rings. The molecule has 0 bridgehead atoms. The molecule has 1 unspecified atom stereocenters. The molecule has 1 fully saturated rings. The van der Waals surface area contributed by atoms with Crippen LogP contribution in [-0.4, -0.2) is 33.3 Å². The molecule has 1 aromatic carbocycles. The van der Waals surface area contributed by atoms with Crippen molar-refractivity contribution in [3.05, 3.63) is 29.8 Å². The van der Waals surface area contributed by atoms with Gasteiger partial charge < -0.3 is 10.1 Å². The summed E-state index contributed by atoms with van der Waals surface area (Å²) in [5.74, 6) is 0. The summed E-state index contributed by atoms with van der Waals surface area (Å²) < 4.78 is 29.5. The van der Waals surface area contributed by atoms with Gasteiger partial charge >= 0.3 is 0 Å². The van der Waals surface area contributed by atoms with E-state index < -0.39 is 15.1 Å². The highest BCUT2D eigenvalue weighted by Crippen LogP contribution is 2.22. The van der Waals surface area contributed by atoms with E-state index in [0.717, 1.165) is 5.56 Å². The van der Waals surface area contributed by atoms with Crippen LogP contribution in [0.3, 0.4) is 0 Å². The maximum atomic E-state index is 12.2. The van der Waals surface area contributed by atoms with Crippen LogP contribution in [0.1, 0.15) is 12.0 Å². The molecular formula is C12H15NO4S. The Morgan fingerprint density at radius 2 is 2.06 bits per heavy atom. The molecule has 0 aromatic heterocycles. The fourth-order valence-electron chi connectivity index (χ4n) is 1.91. The highest BCUT2D eigenvalue weighted by molar-refractivity contribution is 7.92. The van der Waals surface area contributed by atoms with Gasteiger partial charge in [-0.1, -0.05) is 12.1 Å². The molecule has 98 valence electrons. The molecule has 2 rings (SSSR count). The molecule has 0 radical (unpaired) electrons. The average molecular weight is 269 g/mol. The van der Waals surface area contributed by atoms with E-state index in [0.29, 0.717) is 30.9 Å². The van der Waals surface area contributed by atoms with Crippen LogP contribution in [0, 0.1) is 0 Å². The number of benzene rings is 1. The summed E-state index contributed by atoms with van der Waals surface area (Å²) in [7, 11) is -3.29. The third kappa shape index (κ3) is 2.70. The first-order valence-electron chi connectivity index (χ1n) is 5.72. The minimum Gasteiger partial charge on any atom is -0.380 e. The number of carbonyl (C=O) groups is 1. The highest BCUT2D eigenvalue weighted by Gasteiger charge is 2.30. The maximum absolute atomic E-state index is 12.2. The lowest BCUT2D eigenvalue weighted by atomic mass is 10.2. The zero-order chi connectivity index (χ0) is 13.0. The highest BCUT2D eigenvalue weighted by atomic mass is 32.2. The number of hydrogen-bond donors (Lipinski definition) is 1. The summed E-state index contributed by atoms with van der Waals surface area (Å²) in [6, 6.07) is 6.57. The van der Waals surface area contributed by atoms with Crippen molar-refractivity contribution in [1.29, 1.82) is 0 Å². The Bertz CT molecular complexity index is 503. The zero-order valence-corrected chi connectivity index (χ0v) is 10.7. The largest absolute Gasteiger partial charge is 0.380 e. The fraction of sp³-hybridized carbons (Fsp3) is 0.417. The molecule has 0 aliphatic carbocycles. The summed E-state index contributed by atoms with van der Waals surface area (Å²) in [6.07, 6.45) is 1.16. The normalized spacial score (nSPS) is 19.7. The van der Waals surface area contributed by atoms with Crippen molar-refractivity contribution in [2.75, 3.05) is 13.2 Å². The van der Waals surface area contributed by atoms with Gasteiger partial charge in [-0.3, -0.25) is 4.79 Å². The lowest BCUT2D eigenvalue weighted by molar-refractivity contribution is -0.109. The molecule has 0 saturated carbocycles. The number of rotatable bonds is 5. The van der Waals surface area contributed by atoms with Crippen molar-refractivity contribution in [1.82, 2.24) is 5.32 Å². The monoisotopic (exact) mass is 269 g/mol. The fourth-order valence-corrected chi connectivity index (χ4v) is 3.49. The Morgan fingerprint density at radius 3 is 2.61 bits per heavy atom. The van der Waals surface area contributed by atoms with Crippen molar-refractivity contribution >= 4 is 16.2 Å². The molecule has 1 N–H and O–H groups in total. The van der Waals surface area contributed by atoms with E-state index >= 15 is 0 Å². The van der Waals surface area contributed by atoms with Crippen LogP contribution in [0.15, 0.2) is 29.2 Å². The summed E-state index contributed by atoms with van der Waals surface area (Å²) in [6.45, 7) is 1.18. The van der Waals surface area contributed by atoms with Gasteiger partial charge in [0, 0.05) is 13.2 Å². The van der Waals surface area contributed by atoms with Crippen LogP contribution >= 0.6 is 0 Å². The van der Waals surface area contributed by atoms with E-state index in [2.05, 4.69) is 5.32 Å². The minimum absolute atomic E-state index is 0.275. The molecule has 1 atom stereocenters. The first-order chi connectivity index (χ1) is 8.64. The van der Waals surface area contributed by atoms with Crippen LogP contribution in [0.4, 0.5) is 0 Å². The first kappa shape index (κ1) is 13.0. The predicted octanol–water partition coefficient (Wildman–Crippen LogP) is 0.495. The Kier molecular flexibility index (Phi) is 3.98. The van der Waals surface area contributed by atoms with E-state index in [1.54, 1.807) is 24.3 Å². The second-order valence-corrected chi connectivity index (χ2v) is 6.40. The van der Waals surface area contributed by atoms with Crippen molar-refractivity contribution in [2.45, 2.75) is 23.1 Å². The van der Waals surface area contributed by atoms with Crippen molar-refractivity contribution in [3.63, 3.8) is 0 Å². The van der Waals surface area contributed by atoms with E-state index in [1.807, 2.05) is 0 Å². The third-order valence-electron chi connectivity index (χ3n) is 2.97. The quantitative estimate of drug-likeness (QED) is 0.790. The van der Waals surface area contributed by atoms with Crippen LogP contribution < -0.4 is 5.32 Å². The van der Waals surface area contributed by atoms with E-state index in [1.165, 1.54) is 0 Å². The van der Waals surface area contributed by atoms with Gasteiger partial charge in [-0.2, -0.15) is 0 Å². The van der Waals surface area contributed by atoms with Crippen LogP contribution in [0.2, 0.25) is 0 Å². The molecule has 1 saturated heterocycles. The molecule has 1 amide bonds. The van der Waals surface area contributed by atoms with Gasteiger partial charge in [0.25, 0.3) is 0 Å².